The molecule has 9 heteroatoms. The molecule has 0 saturated heterocycles. The molecule has 0 aromatic carbocycles. The monoisotopic (exact) mass is 842 g/mol. The quantitative estimate of drug-likeness (QED) is 0.0244. The average molecular weight is 842 g/mol. The number of likely N-dealkylation sites (N-methyl/N-ethyl adjacent to an activating group) is 1. The summed E-state index contributed by atoms with van der Waals surface area (Å²) in [6, 6.07) is -0.846. The number of aliphatic hydroxyl groups excluding tert-OH is 1. The average Bonchev–Trinajstić information content (AvgIpc) is 3.17. The molecular weight excluding hydrogens is 744 g/mol. The fourth-order valence-corrected chi connectivity index (χ4v) is 7.95. The third-order valence-corrected chi connectivity index (χ3v) is 12.1. The lowest BCUT2D eigenvalue weighted by Gasteiger charge is -2.25. The standard InChI is InChI=1S/C49H97N2O6P/c1-6-8-10-12-14-16-18-20-22-24-25-26-27-29-31-33-35-37-39-41-43-49(53)50-47(46-57-58(54,55)56-45-44-51(3,4)5)48(52)42-40-38-36-34-32-30-28-23-21-19-17-15-13-11-9-7-2/h25-26,40,42,47-48,52H,6-24,27-39,41,43-46H2,1-5H3,(H-,50,53,54,55)/p+1/b26-25-,42-40+. The SMILES string of the molecule is CCCCCCCCCCC/C=C\CCCCCCCCCC(=O)NC(COP(=O)(O)OCC[N+](C)(C)C)C(O)/C=C/CCCCCCCCCCCCCCCC. The van der Waals surface area contributed by atoms with Crippen LogP contribution in [0.3, 0.4) is 0 Å². The van der Waals surface area contributed by atoms with Crippen molar-refractivity contribution >= 4 is 13.7 Å². The summed E-state index contributed by atoms with van der Waals surface area (Å²) < 4.78 is 23.6. The highest BCUT2D eigenvalue weighted by molar-refractivity contribution is 7.47. The van der Waals surface area contributed by atoms with Crippen LogP contribution in [-0.4, -0.2) is 73.4 Å². The van der Waals surface area contributed by atoms with Gasteiger partial charge in [-0.3, -0.25) is 13.8 Å². The molecule has 0 aliphatic rings. The van der Waals surface area contributed by atoms with E-state index in [-0.39, 0.29) is 19.1 Å². The van der Waals surface area contributed by atoms with E-state index in [1.165, 1.54) is 173 Å². The molecule has 1 amide bonds. The van der Waals surface area contributed by atoms with Crippen molar-refractivity contribution in [2.45, 2.75) is 244 Å². The molecule has 0 spiro atoms. The maximum atomic E-state index is 12.9. The molecule has 0 aromatic heterocycles. The molecule has 3 atom stereocenters. The zero-order valence-electron chi connectivity index (χ0n) is 39.0. The molecule has 0 saturated carbocycles. The van der Waals surface area contributed by atoms with Gasteiger partial charge in [0, 0.05) is 6.42 Å². The molecule has 0 radical (unpaired) electrons. The maximum Gasteiger partial charge on any atom is 0.472 e. The first-order valence-corrected chi connectivity index (χ1v) is 26.2. The second-order valence-electron chi connectivity index (χ2n) is 18.2. The van der Waals surface area contributed by atoms with E-state index in [2.05, 4.69) is 31.3 Å². The van der Waals surface area contributed by atoms with Crippen molar-refractivity contribution in [3.05, 3.63) is 24.3 Å². The minimum atomic E-state index is -4.34. The second-order valence-corrected chi connectivity index (χ2v) is 19.6. The predicted molar refractivity (Wildman–Crippen MR) is 249 cm³/mol. The molecular formula is C49H98N2O6P+. The Kier molecular flexibility index (Phi) is 40.6. The first-order valence-electron chi connectivity index (χ1n) is 24.7. The van der Waals surface area contributed by atoms with Crippen LogP contribution in [0.15, 0.2) is 24.3 Å². The Bertz CT molecular complexity index is 1000. The molecule has 0 rings (SSSR count). The minimum absolute atomic E-state index is 0.0619. The molecule has 0 aliphatic heterocycles. The molecule has 0 aliphatic carbocycles. The topological polar surface area (TPSA) is 105 Å². The minimum Gasteiger partial charge on any atom is -0.387 e. The van der Waals surface area contributed by atoms with Crippen molar-refractivity contribution in [3.63, 3.8) is 0 Å². The molecule has 0 heterocycles. The van der Waals surface area contributed by atoms with Crippen molar-refractivity contribution < 1.29 is 32.9 Å². The Balaban J connectivity index is 4.33. The van der Waals surface area contributed by atoms with Crippen molar-refractivity contribution in [1.82, 2.24) is 5.32 Å². The Labute approximate surface area is 360 Å². The number of carbonyl (C=O) groups excluding carboxylic acids is 1. The van der Waals surface area contributed by atoms with E-state index in [1.54, 1.807) is 6.08 Å². The number of aliphatic hydroxyl groups is 1. The lowest BCUT2D eigenvalue weighted by Crippen LogP contribution is -2.45. The van der Waals surface area contributed by atoms with E-state index >= 15 is 0 Å². The van der Waals surface area contributed by atoms with Crippen molar-refractivity contribution in [1.29, 1.82) is 0 Å². The van der Waals surface area contributed by atoms with Crippen molar-refractivity contribution in [2.75, 3.05) is 40.9 Å². The van der Waals surface area contributed by atoms with Crippen LogP contribution in [0, 0.1) is 0 Å². The number of hydrogen-bond acceptors (Lipinski definition) is 5. The summed E-state index contributed by atoms with van der Waals surface area (Å²) in [7, 11) is 1.57. The summed E-state index contributed by atoms with van der Waals surface area (Å²) in [5.74, 6) is -0.180. The Hall–Kier alpha value is -1.02. The lowest BCUT2D eigenvalue weighted by molar-refractivity contribution is -0.870. The van der Waals surface area contributed by atoms with Gasteiger partial charge in [-0.25, -0.2) is 4.57 Å². The molecule has 0 fully saturated rings. The predicted octanol–water partition coefficient (Wildman–Crippen LogP) is 14.1. The van der Waals surface area contributed by atoms with Gasteiger partial charge in [-0.2, -0.15) is 0 Å². The molecule has 58 heavy (non-hydrogen) atoms. The first kappa shape index (κ1) is 57.0. The number of hydrogen-bond donors (Lipinski definition) is 3. The van der Waals surface area contributed by atoms with Crippen molar-refractivity contribution in [2.24, 2.45) is 0 Å². The second kappa shape index (κ2) is 41.3. The van der Waals surface area contributed by atoms with Gasteiger partial charge in [-0.1, -0.05) is 205 Å². The molecule has 3 unspecified atom stereocenters. The number of phosphoric acid groups is 1. The number of unbranched alkanes of at least 4 members (excludes halogenated alkanes) is 30. The maximum absolute atomic E-state index is 12.9. The van der Waals surface area contributed by atoms with E-state index in [0.717, 1.165) is 38.5 Å². The molecule has 8 nitrogen and oxygen atoms in total. The number of nitrogens with one attached hydrogen (secondary N) is 1. The summed E-state index contributed by atoms with van der Waals surface area (Å²) in [6.07, 6.45) is 49.6. The van der Waals surface area contributed by atoms with E-state index in [1.807, 2.05) is 27.2 Å². The number of allylic oxidation sites excluding steroid dienone is 3. The molecule has 3 N–H and O–H groups in total. The van der Waals surface area contributed by atoms with Crippen LogP contribution < -0.4 is 5.32 Å². The fourth-order valence-electron chi connectivity index (χ4n) is 7.21. The number of phosphoric ester groups is 1. The van der Waals surface area contributed by atoms with Gasteiger partial charge < -0.3 is 19.8 Å². The van der Waals surface area contributed by atoms with Crippen molar-refractivity contribution in [3.8, 4) is 0 Å². The van der Waals surface area contributed by atoms with E-state index in [0.29, 0.717) is 17.4 Å². The highest BCUT2D eigenvalue weighted by atomic mass is 31.2. The zero-order chi connectivity index (χ0) is 42.8. The van der Waals surface area contributed by atoms with Crippen LogP contribution in [0.1, 0.15) is 232 Å². The van der Waals surface area contributed by atoms with Gasteiger partial charge in [0.25, 0.3) is 0 Å². The van der Waals surface area contributed by atoms with Crippen LogP contribution in [0.25, 0.3) is 0 Å². The van der Waals surface area contributed by atoms with Crippen LogP contribution in [0.5, 0.6) is 0 Å². The number of amides is 1. The molecule has 344 valence electrons. The smallest absolute Gasteiger partial charge is 0.387 e. The van der Waals surface area contributed by atoms with E-state index in [4.69, 9.17) is 9.05 Å². The van der Waals surface area contributed by atoms with Crippen LogP contribution >= 0.6 is 7.82 Å². The van der Waals surface area contributed by atoms with Gasteiger partial charge in [0.05, 0.1) is 39.9 Å². The molecule has 0 bridgehead atoms. The first-order chi connectivity index (χ1) is 28.0. The Morgan fingerprint density at radius 1 is 0.569 bits per heavy atom. The van der Waals surface area contributed by atoms with Gasteiger partial charge in [0.1, 0.15) is 13.2 Å². The number of quaternary nitrogens is 1. The summed E-state index contributed by atoms with van der Waals surface area (Å²) >= 11 is 0. The van der Waals surface area contributed by atoms with Gasteiger partial charge in [-0.15, -0.1) is 0 Å². The Morgan fingerprint density at radius 3 is 1.33 bits per heavy atom. The fraction of sp³-hybridized carbons (Fsp3) is 0.898. The Morgan fingerprint density at radius 2 is 0.931 bits per heavy atom. The third-order valence-electron chi connectivity index (χ3n) is 11.2. The summed E-state index contributed by atoms with van der Waals surface area (Å²) in [5.41, 5.74) is 0. The number of nitrogens with zero attached hydrogens (tertiary/aromatic N) is 1. The van der Waals surface area contributed by atoms with E-state index in [9.17, 15) is 19.4 Å². The van der Waals surface area contributed by atoms with Crippen LogP contribution in [0.2, 0.25) is 0 Å². The number of carbonyl (C=O) groups is 1. The van der Waals surface area contributed by atoms with Crippen LogP contribution in [-0.2, 0) is 18.4 Å². The van der Waals surface area contributed by atoms with Gasteiger partial charge in [-0.05, 0) is 44.9 Å². The zero-order valence-corrected chi connectivity index (χ0v) is 39.9. The summed E-state index contributed by atoms with van der Waals surface area (Å²) in [4.78, 5) is 23.2. The largest absolute Gasteiger partial charge is 0.472 e. The van der Waals surface area contributed by atoms with Gasteiger partial charge >= 0.3 is 7.82 Å². The third kappa shape index (κ3) is 43.1. The van der Waals surface area contributed by atoms with Crippen LogP contribution in [0.4, 0.5) is 0 Å². The lowest BCUT2D eigenvalue weighted by atomic mass is 10.0. The van der Waals surface area contributed by atoms with Gasteiger partial charge in [0.15, 0.2) is 0 Å². The van der Waals surface area contributed by atoms with Gasteiger partial charge in [0.2, 0.25) is 5.91 Å². The normalized spacial score (nSPS) is 14.4. The number of rotatable bonds is 45. The summed E-state index contributed by atoms with van der Waals surface area (Å²) in [5, 5.41) is 13.9. The highest BCUT2D eigenvalue weighted by Gasteiger charge is 2.27. The molecule has 0 aromatic rings. The van der Waals surface area contributed by atoms with E-state index < -0.39 is 20.0 Å². The summed E-state index contributed by atoms with van der Waals surface area (Å²) in [6.45, 7) is 4.83. The highest BCUT2D eigenvalue weighted by Crippen LogP contribution is 2.43.